The van der Waals surface area contributed by atoms with Gasteiger partial charge in [0.1, 0.15) is 0 Å². The molecule has 0 heteroatoms. The quantitative estimate of drug-likeness (QED) is 0.644. The molecular formula is C19H22. The summed E-state index contributed by atoms with van der Waals surface area (Å²) in [6.45, 7) is 8.47. The van der Waals surface area contributed by atoms with Gasteiger partial charge in [0, 0.05) is 5.92 Å². The Morgan fingerprint density at radius 1 is 0.947 bits per heavy atom. The maximum Gasteiger partial charge on any atom is 0.00831 e. The number of allylic oxidation sites excluding steroid dienone is 1. The van der Waals surface area contributed by atoms with Gasteiger partial charge in [-0.3, -0.25) is 0 Å². The topological polar surface area (TPSA) is 0 Å². The summed E-state index contributed by atoms with van der Waals surface area (Å²) in [6, 6.07) is 19.6. The van der Waals surface area contributed by atoms with Gasteiger partial charge in [0.05, 0.1) is 0 Å². The molecule has 0 heterocycles. The minimum Gasteiger partial charge on any atom is -0.0995 e. The number of rotatable bonds is 5. The molecular weight excluding hydrogens is 228 g/mol. The molecule has 0 nitrogen and oxygen atoms in total. The molecule has 2 aromatic rings. The van der Waals surface area contributed by atoms with Gasteiger partial charge in [-0.05, 0) is 36.5 Å². The number of hydrogen-bond acceptors (Lipinski definition) is 0. The van der Waals surface area contributed by atoms with Gasteiger partial charge in [-0.15, -0.1) is 0 Å². The summed E-state index contributed by atoms with van der Waals surface area (Å²) in [5.41, 5.74) is 5.37. The van der Waals surface area contributed by atoms with Gasteiger partial charge in [-0.1, -0.05) is 73.7 Å². The Balaban J connectivity index is 2.19. The monoisotopic (exact) mass is 250 g/mol. The molecule has 0 N–H and O–H groups in total. The van der Waals surface area contributed by atoms with Crippen molar-refractivity contribution in [3.63, 3.8) is 0 Å². The third-order valence-corrected chi connectivity index (χ3v) is 3.67. The SMILES string of the molecule is C=C(C)C(Cc1ccc(CC)cc1)c1ccccc1. The lowest BCUT2D eigenvalue weighted by atomic mass is 9.87. The average molecular weight is 250 g/mol. The molecule has 0 aliphatic carbocycles. The van der Waals surface area contributed by atoms with Gasteiger partial charge in [0.25, 0.3) is 0 Å². The summed E-state index contributed by atoms with van der Waals surface area (Å²) in [6.07, 6.45) is 2.13. The molecule has 0 amide bonds. The van der Waals surface area contributed by atoms with E-state index in [2.05, 4.69) is 75.0 Å². The Bertz CT molecular complexity index is 520. The smallest absolute Gasteiger partial charge is 0.00831 e. The van der Waals surface area contributed by atoms with E-state index in [1.165, 1.54) is 22.3 Å². The number of hydrogen-bond donors (Lipinski definition) is 0. The number of aryl methyl sites for hydroxylation is 1. The molecule has 0 saturated carbocycles. The molecule has 98 valence electrons. The first-order valence-electron chi connectivity index (χ1n) is 6.99. The second-order valence-electron chi connectivity index (χ2n) is 5.18. The minimum atomic E-state index is 0.411. The Morgan fingerprint density at radius 3 is 2.05 bits per heavy atom. The van der Waals surface area contributed by atoms with Crippen LogP contribution in [0.3, 0.4) is 0 Å². The highest BCUT2D eigenvalue weighted by Gasteiger charge is 2.12. The van der Waals surface area contributed by atoms with E-state index in [0.717, 1.165) is 12.8 Å². The molecule has 2 rings (SSSR count). The van der Waals surface area contributed by atoms with Crippen molar-refractivity contribution in [3.05, 3.63) is 83.4 Å². The highest BCUT2D eigenvalue weighted by Crippen LogP contribution is 2.27. The van der Waals surface area contributed by atoms with Gasteiger partial charge in [-0.25, -0.2) is 0 Å². The second-order valence-corrected chi connectivity index (χ2v) is 5.18. The molecule has 1 unspecified atom stereocenters. The standard InChI is InChI=1S/C19H22/c1-4-16-10-12-17(13-11-16)14-19(15(2)3)18-8-6-5-7-9-18/h5-13,19H,2,4,14H2,1,3H3. The van der Waals surface area contributed by atoms with Crippen LogP contribution in [0, 0.1) is 0 Å². The zero-order valence-corrected chi connectivity index (χ0v) is 11.9. The van der Waals surface area contributed by atoms with Gasteiger partial charge in [-0.2, -0.15) is 0 Å². The summed E-state index contributed by atoms with van der Waals surface area (Å²) >= 11 is 0. The molecule has 0 spiro atoms. The van der Waals surface area contributed by atoms with E-state index in [0.29, 0.717) is 5.92 Å². The van der Waals surface area contributed by atoms with Crippen LogP contribution in [0.15, 0.2) is 66.7 Å². The lowest BCUT2D eigenvalue weighted by Gasteiger charge is -2.18. The zero-order valence-electron chi connectivity index (χ0n) is 11.9. The summed E-state index contributed by atoms with van der Waals surface area (Å²) in [5.74, 6) is 0.411. The molecule has 0 aliphatic rings. The Kier molecular flexibility index (Phi) is 4.57. The van der Waals surface area contributed by atoms with Crippen molar-refractivity contribution in [2.24, 2.45) is 0 Å². The fraction of sp³-hybridized carbons (Fsp3) is 0.263. The predicted molar refractivity (Wildman–Crippen MR) is 83.5 cm³/mol. The van der Waals surface area contributed by atoms with E-state index >= 15 is 0 Å². The molecule has 0 radical (unpaired) electrons. The summed E-state index contributed by atoms with van der Waals surface area (Å²) < 4.78 is 0. The maximum atomic E-state index is 4.16. The van der Waals surface area contributed by atoms with E-state index in [-0.39, 0.29) is 0 Å². The van der Waals surface area contributed by atoms with Crippen LogP contribution in [-0.4, -0.2) is 0 Å². The molecule has 0 bridgehead atoms. The van der Waals surface area contributed by atoms with Crippen LogP contribution in [-0.2, 0) is 12.8 Å². The van der Waals surface area contributed by atoms with Gasteiger partial charge in [0.15, 0.2) is 0 Å². The molecule has 0 saturated heterocycles. The first kappa shape index (κ1) is 13.6. The number of benzene rings is 2. The van der Waals surface area contributed by atoms with Crippen molar-refractivity contribution < 1.29 is 0 Å². The fourth-order valence-electron chi connectivity index (χ4n) is 2.41. The third-order valence-electron chi connectivity index (χ3n) is 3.67. The predicted octanol–water partition coefficient (Wildman–Crippen LogP) is 5.15. The van der Waals surface area contributed by atoms with Crippen LogP contribution in [0.5, 0.6) is 0 Å². The Hall–Kier alpha value is -1.82. The average Bonchev–Trinajstić information content (AvgIpc) is 2.46. The van der Waals surface area contributed by atoms with Crippen molar-refractivity contribution in [2.75, 3.05) is 0 Å². The van der Waals surface area contributed by atoms with Crippen molar-refractivity contribution >= 4 is 0 Å². The van der Waals surface area contributed by atoms with Crippen LogP contribution >= 0.6 is 0 Å². The normalized spacial score (nSPS) is 12.1. The largest absolute Gasteiger partial charge is 0.0995 e. The summed E-state index contributed by atoms with van der Waals surface area (Å²) in [7, 11) is 0. The lowest BCUT2D eigenvalue weighted by Crippen LogP contribution is -2.04. The van der Waals surface area contributed by atoms with Crippen molar-refractivity contribution in [1.29, 1.82) is 0 Å². The first-order chi connectivity index (χ1) is 9.20. The van der Waals surface area contributed by atoms with Crippen molar-refractivity contribution in [1.82, 2.24) is 0 Å². The van der Waals surface area contributed by atoms with E-state index in [1.807, 2.05) is 0 Å². The van der Waals surface area contributed by atoms with Gasteiger partial charge < -0.3 is 0 Å². The van der Waals surface area contributed by atoms with Crippen LogP contribution in [0.25, 0.3) is 0 Å². The van der Waals surface area contributed by atoms with Crippen LogP contribution in [0.1, 0.15) is 36.5 Å². The summed E-state index contributed by atoms with van der Waals surface area (Å²) in [4.78, 5) is 0. The maximum absolute atomic E-state index is 4.16. The summed E-state index contributed by atoms with van der Waals surface area (Å²) in [5, 5.41) is 0. The molecule has 2 aromatic carbocycles. The lowest BCUT2D eigenvalue weighted by molar-refractivity contribution is 0.788. The van der Waals surface area contributed by atoms with Crippen LogP contribution < -0.4 is 0 Å². The van der Waals surface area contributed by atoms with E-state index in [4.69, 9.17) is 0 Å². The van der Waals surface area contributed by atoms with Gasteiger partial charge >= 0.3 is 0 Å². The zero-order chi connectivity index (χ0) is 13.7. The molecule has 0 aliphatic heterocycles. The van der Waals surface area contributed by atoms with Crippen molar-refractivity contribution in [3.8, 4) is 0 Å². The van der Waals surface area contributed by atoms with Crippen molar-refractivity contribution in [2.45, 2.75) is 32.6 Å². The Morgan fingerprint density at radius 2 is 1.53 bits per heavy atom. The van der Waals surface area contributed by atoms with E-state index < -0.39 is 0 Å². The highest BCUT2D eigenvalue weighted by molar-refractivity contribution is 5.31. The minimum absolute atomic E-state index is 0.411. The third kappa shape index (κ3) is 3.57. The second kappa shape index (κ2) is 6.38. The van der Waals surface area contributed by atoms with Crippen LogP contribution in [0.4, 0.5) is 0 Å². The van der Waals surface area contributed by atoms with E-state index in [9.17, 15) is 0 Å². The highest BCUT2D eigenvalue weighted by atomic mass is 14.2. The molecule has 0 aromatic heterocycles. The molecule has 0 fully saturated rings. The first-order valence-corrected chi connectivity index (χ1v) is 6.99. The van der Waals surface area contributed by atoms with E-state index in [1.54, 1.807) is 0 Å². The molecule has 19 heavy (non-hydrogen) atoms. The fourth-order valence-corrected chi connectivity index (χ4v) is 2.41. The molecule has 1 atom stereocenters. The Labute approximate surface area is 116 Å². The van der Waals surface area contributed by atoms with Gasteiger partial charge in [0.2, 0.25) is 0 Å². The van der Waals surface area contributed by atoms with Crippen LogP contribution in [0.2, 0.25) is 0 Å².